The number of nitrogens with one attached hydrogen (secondary N) is 3. The summed E-state index contributed by atoms with van der Waals surface area (Å²) in [5.74, 6) is 0.336. The van der Waals surface area contributed by atoms with Crippen molar-refractivity contribution in [3.8, 4) is 0 Å². The third kappa shape index (κ3) is 7.34. The molecule has 0 unspecified atom stereocenters. The van der Waals surface area contributed by atoms with Gasteiger partial charge in [0.05, 0.1) is 6.54 Å². The van der Waals surface area contributed by atoms with Crippen LogP contribution >= 0.6 is 0 Å². The van der Waals surface area contributed by atoms with Gasteiger partial charge in [0, 0.05) is 24.3 Å². The van der Waals surface area contributed by atoms with Crippen molar-refractivity contribution < 1.29 is 9.59 Å². The topological polar surface area (TPSA) is 70.2 Å². The van der Waals surface area contributed by atoms with Crippen LogP contribution in [0.2, 0.25) is 0 Å². The van der Waals surface area contributed by atoms with E-state index < -0.39 is 0 Å². The number of hydrogen-bond acceptors (Lipinski definition) is 3. The average Bonchev–Trinajstić information content (AvgIpc) is 2.43. The standard InChI is InChI=1S/C16H25N3O2/c1-4-9-17-16(21)11-18-13-5-7-14(8-6-13)19-15(20)10-12(2)3/h5-8,12,18H,4,9-11H2,1-3H3,(H,17,21)(H,19,20). The van der Waals surface area contributed by atoms with Crippen molar-refractivity contribution in [3.63, 3.8) is 0 Å². The van der Waals surface area contributed by atoms with Gasteiger partial charge in [-0.2, -0.15) is 0 Å². The van der Waals surface area contributed by atoms with E-state index in [-0.39, 0.29) is 18.4 Å². The summed E-state index contributed by atoms with van der Waals surface area (Å²) in [4.78, 5) is 23.1. The first-order valence-electron chi connectivity index (χ1n) is 7.41. The van der Waals surface area contributed by atoms with Gasteiger partial charge in [-0.1, -0.05) is 20.8 Å². The Labute approximate surface area is 126 Å². The molecule has 3 N–H and O–H groups in total. The minimum absolute atomic E-state index is 0.0182. The van der Waals surface area contributed by atoms with Gasteiger partial charge in [0.2, 0.25) is 11.8 Å². The molecule has 5 nitrogen and oxygen atoms in total. The summed E-state index contributed by atoms with van der Waals surface area (Å²) >= 11 is 0. The highest BCUT2D eigenvalue weighted by atomic mass is 16.2. The number of rotatable bonds is 8. The monoisotopic (exact) mass is 291 g/mol. The van der Waals surface area contributed by atoms with Gasteiger partial charge in [0.15, 0.2) is 0 Å². The second kappa shape index (κ2) is 9.00. The van der Waals surface area contributed by atoms with E-state index >= 15 is 0 Å². The van der Waals surface area contributed by atoms with E-state index in [0.717, 1.165) is 17.8 Å². The lowest BCUT2D eigenvalue weighted by molar-refractivity contribution is -0.119. The molecular weight excluding hydrogens is 266 g/mol. The number of benzene rings is 1. The maximum Gasteiger partial charge on any atom is 0.239 e. The molecule has 0 bridgehead atoms. The summed E-state index contributed by atoms with van der Waals surface area (Å²) in [5, 5.41) is 8.69. The number of amides is 2. The fraction of sp³-hybridized carbons (Fsp3) is 0.500. The predicted molar refractivity (Wildman–Crippen MR) is 86.3 cm³/mol. The van der Waals surface area contributed by atoms with E-state index in [4.69, 9.17) is 0 Å². The predicted octanol–water partition coefficient (Wildman–Crippen LogP) is 2.61. The minimum Gasteiger partial charge on any atom is -0.376 e. The van der Waals surface area contributed by atoms with Gasteiger partial charge in [-0.05, 0) is 36.6 Å². The van der Waals surface area contributed by atoms with E-state index in [2.05, 4.69) is 16.0 Å². The normalized spacial score (nSPS) is 10.3. The van der Waals surface area contributed by atoms with Crippen LogP contribution in [0.15, 0.2) is 24.3 Å². The molecule has 0 spiro atoms. The van der Waals surface area contributed by atoms with Crippen molar-refractivity contribution in [2.45, 2.75) is 33.6 Å². The zero-order valence-electron chi connectivity index (χ0n) is 13.0. The van der Waals surface area contributed by atoms with Crippen LogP contribution in [0.5, 0.6) is 0 Å². The molecule has 1 aromatic carbocycles. The molecule has 0 heterocycles. The van der Waals surface area contributed by atoms with Crippen molar-refractivity contribution in [1.29, 1.82) is 0 Å². The molecule has 1 aromatic rings. The molecule has 0 aromatic heterocycles. The molecule has 0 aliphatic heterocycles. The van der Waals surface area contributed by atoms with Gasteiger partial charge in [0.25, 0.3) is 0 Å². The number of carbonyl (C=O) groups is 2. The molecule has 0 saturated carbocycles. The van der Waals surface area contributed by atoms with E-state index in [1.165, 1.54) is 0 Å². The summed E-state index contributed by atoms with van der Waals surface area (Å²) in [6, 6.07) is 7.34. The van der Waals surface area contributed by atoms with Crippen LogP contribution in [0.1, 0.15) is 33.6 Å². The van der Waals surface area contributed by atoms with Gasteiger partial charge in [-0.3, -0.25) is 9.59 Å². The maximum atomic E-state index is 11.6. The van der Waals surface area contributed by atoms with Crippen molar-refractivity contribution in [3.05, 3.63) is 24.3 Å². The van der Waals surface area contributed by atoms with Crippen LogP contribution in [0.25, 0.3) is 0 Å². The van der Waals surface area contributed by atoms with Crippen molar-refractivity contribution in [2.24, 2.45) is 5.92 Å². The summed E-state index contributed by atoms with van der Waals surface area (Å²) < 4.78 is 0. The van der Waals surface area contributed by atoms with Crippen LogP contribution in [0.4, 0.5) is 11.4 Å². The Morgan fingerprint density at radius 2 is 1.67 bits per heavy atom. The Bertz CT molecular complexity index is 455. The van der Waals surface area contributed by atoms with Gasteiger partial charge in [-0.15, -0.1) is 0 Å². The lowest BCUT2D eigenvalue weighted by Crippen LogP contribution is -2.30. The first-order valence-corrected chi connectivity index (χ1v) is 7.41. The van der Waals surface area contributed by atoms with Crippen molar-refractivity contribution in [1.82, 2.24) is 5.32 Å². The van der Waals surface area contributed by atoms with E-state index in [9.17, 15) is 9.59 Å². The Balaban J connectivity index is 2.40. The third-order valence-corrected chi connectivity index (χ3v) is 2.79. The Morgan fingerprint density at radius 3 is 2.24 bits per heavy atom. The van der Waals surface area contributed by atoms with Crippen LogP contribution in [-0.2, 0) is 9.59 Å². The van der Waals surface area contributed by atoms with Crippen LogP contribution in [-0.4, -0.2) is 24.9 Å². The first kappa shape index (κ1) is 17.0. The van der Waals surface area contributed by atoms with E-state index in [1.54, 1.807) is 0 Å². The molecule has 0 aliphatic carbocycles. The van der Waals surface area contributed by atoms with E-state index in [1.807, 2.05) is 45.0 Å². The molecule has 0 fully saturated rings. The highest BCUT2D eigenvalue weighted by Gasteiger charge is 2.05. The van der Waals surface area contributed by atoms with Gasteiger partial charge >= 0.3 is 0 Å². The van der Waals surface area contributed by atoms with Crippen molar-refractivity contribution >= 4 is 23.2 Å². The van der Waals surface area contributed by atoms with Crippen molar-refractivity contribution in [2.75, 3.05) is 23.7 Å². The van der Waals surface area contributed by atoms with Gasteiger partial charge < -0.3 is 16.0 Å². The Hall–Kier alpha value is -2.04. The smallest absolute Gasteiger partial charge is 0.239 e. The maximum absolute atomic E-state index is 11.6. The number of hydrogen-bond donors (Lipinski definition) is 3. The average molecular weight is 291 g/mol. The molecule has 0 saturated heterocycles. The largest absolute Gasteiger partial charge is 0.376 e. The molecular formula is C16H25N3O2. The molecule has 0 radical (unpaired) electrons. The highest BCUT2D eigenvalue weighted by Crippen LogP contribution is 2.14. The van der Waals surface area contributed by atoms with Crippen LogP contribution in [0, 0.1) is 5.92 Å². The lowest BCUT2D eigenvalue weighted by atomic mass is 10.1. The quantitative estimate of drug-likeness (QED) is 0.689. The molecule has 1 rings (SSSR count). The zero-order chi connectivity index (χ0) is 15.7. The molecule has 21 heavy (non-hydrogen) atoms. The fourth-order valence-corrected chi connectivity index (χ4v) is 1.76. The summed E-state index contributed by atoms with van der Waals surface area (Å²) in [6.07, 6.45) is 1.44. The Morgan fingerprint density at radius 1 is 1.05 bits per heavy atom. The minimum atomic E-state index is -0.0221. The number of anilines is 2. The third-order valence-electron chi connectivity index (χ3n) is 2.79. The zero-order valence-corrected chi connectivity index (χ0v) is 13.0. The summed E-state index contributed by atoms with van der Waals surface area (Å²) in [6.45, 7) is 6.98. The summed E-state index contributed by atoms with van der Waals surface area (Å²) in [7, 11) is 0. The lowest BCUT2D eigenvalue weighted by Gasteiger charge is -2.09. The second-order valence-corrected chi connectivity index (χ2v) is 5.43. The fourth-order valence-electron chi connectivity index (χ4n) is 1.76. The first-order chi connectivity index (χ1) is 10.0. The second-order valence-electron chi connectivity index (χ2n) is 5.43. The molecule has 2 amide bonds. The van der Waals surface area contributed by atoms with Crippen LogP contribution < -0.4 is 16.0 Å². The summed E-state index contributed by atoms with van der Waals surface area (Å²) in [5.41, 5.74) is 1.62. The van der Waals surface area contributed by atoms with Crippen LogP contribution in [0.3, 0.4) is 0 Å². The van der Waals surface area contributed by atoms with Gasteiger partial charge in [0.1, 0.15) is 0 Å². The van der Waals surface area contributed by atoms with E-state index in [0.29, 0.717) is 18.9 Å². The SMILES string of the molecule is CCCNC(=O)CNc1ccc(NC(=O)CC(C)C)cc1. The number of carbonyl (C=O) groups excluding carboxylic acids is 2. The highest BCUT2D eigenvalue weighted by molar-refractivity contribution is 5.91. The molecule has 0 atom stereocenters. The van der Waals surface area contributed by atoms with Gasteiger partial charge in [-0.25, -0.2) is 0 Å². The molecule has 0 aliphatic rings. The Kier molecular flexibility index (Phi) is 7.29. The molecule has 116 valence electrons. The molecule has 5 heteroatoms.